The number of ether oxygens (including phenoxy) is 1. The van der Waals surface area contributed by atoms with Crippen LogP contribution in [0, 0.1) is 0 Å². The first-order valence-corrected chi connectivity index (χ1v) is 6.26. The Hall–Kier alpha value is -1.61. The number of carbonyl (C=O) groups is 1. The van der Waals surface area contributed by atoms with Gasteiger partial charge in [0, 0.05) is 18.2 Å². The van der Waals surface area contributed by atoms with Crippen LogP contribution in [0.25, 0.3) is 0 Å². The van der Waals surface area contributed by atoms with Crippen LogP contribution in [-0.4, -0.2) is 18.6 Å². The van der Waals surface area contributed by atoms with E-state index in [9.17, 15) is 4.79 Å². The molecule has 0 aliphatic rings. The van der Waals surface area contributed by atoms with Gasteiger partial charge in [0.25, 0.3) is 0 Å². The van der Waals surface area contributed by atoms with Crippen molar-refractivity contribution in [2.45, 2.75) is 33.4 Å². The van der Waals surface area contributed by atoms with Gasteiger partial charge in [-0.1, -0.05) is 36.4 Å². The average Bonchev–Trinajstić information content (AvgIpc) is 2.38. The molecule has 3 heteroatoms. The van der Waals surface area contributed by atoms with Crippen LogP contribution in [0.4, 0.5) is 0 Å². The molecule has 1 N–H and O–H groups in total. The summed E-state index contributed by atoms with van der Waals surface area (Å²) in [7, 11) is 0. The Balaban J connectivity index is 2.43. The molecular formula is C15H21NO2. The van der Waals surface area contributed by atoms with Crippen molar-refractivity contribution in [1.82, 2.24) is 5.32 Å². The van der Waals surface area contributed by atoms with E-state index in [4.69, 9.17) is 4.74 Å². The second-order valence-electron chi connectivity index (χ2n) is 4.23. The van der Waals surface area contributed by atoms with Gasteiger partial charge in [0.05, 0.1) is 6.61 Å². The third-order valence-electron chi connectivity index (χ3n) is 2.57. The number of benzene rings is 1. The SMILES string of the molecule is CCOC(=O)/C(C)=C/[C@H](C)NCc1ccccc1. The summed E-state index contributed by atoms with van der Waals surface area (Å²) in [6.07, 6.45) is 1.89. The van der Waals surface area contributed by atoms with E-state index in [0.717, 1.165) is 6.54 Å². The first kappa shape index (κ1) is 14.5. The van der Waals surface area contributed by atoms with Crippen LogP contribution in [-0.2, 0) is 16.1 Å². The van der Waals surface area contributed by atoms with Gasteiger partial charge in [-0.2, -0.15) is 0 Å². The summed E-state index contributed by atoms with van der Waals surface area (Å²) >= 11 is 0. The number of esters is 1. The fraction of sp³-hybridized carbons (Fsp3) is 0.400. The fourth-order valence-corrected chi connectivity index (χ4v) is 1.62. The molecule has 18 heavy (non-hydrogen) atoms. The van der Waals surface area contributed by atoms with Crippen LogP contribution < -0.4 is 5.32 Å². The molecule has 0 saturated heterocycles. The maximum atomic E-state index is 11.4. The molecule has 0 aliphatic carbocycles. The number of rotatable bonds is 6. The Morgan fingerprint density at radius 2 is 2.06 bits per heavy atom. The van der Waals surface area contributed by atoms with Crippen LogP contribution in [0.3, 0.4) is 0 Å². The van der Waals surface area contributed by atoms with Crippen molar-refractivity contribution in [2.75, 3.05) is 6.61 Å². The molecular weight excluding hydrogens is 226 g/mol. The van der Waals surface area contributed by atoms with E-state index in [1.165, 1.54) is 5.56 Å². The van der Waals surface area contributed by atoms with Gasteiger partial charge in [-0.05, 0) is 26.3 Å². The quantitative estimate of drug-likeness (QED) is 0.620. The molecule has 0 bridgehead atoms. The van der Waals surface area contributed by atoms with Crippen LogP contribution in [0.15, 0.2) is 42.0 Å². The van der Waals surface area contributed by atoms with Gasteiger partial charge in [-0.3, -0.25) is 0 Å². The number of hydrogen-bond acceptors (Lipinski definition) is 3. The van der Waals surface area contributed by atoms with Gasteiger partial charge in [-0.25, -0.2) is 4.79 Å². The molecule has 0 aliphatic heterocycles. The Labute approximate surface area is 109 Å². The Morgan fingerprint density at radius 1 is 1.39 bits per heavy atom. The predicted molar refractivity (Wildman–Crippen MR) is 73.1 cm³/mol. The minimum Gasteiger partial charge on any atom is -0.463 e. The van der Waals surface area contributed by atoms with Crippen molar-refractivity contribution in [3.8, 4) is 0 Å². The minimum absolute atomic E-state index is 0.134. The van der Waals surface area contributed by atoms with Crippen molar-refractivity contribution in [3.63, 3.8) is 0 Å². The molecule has 0 unspecified atom stereocenters. The zero-order valence-corrected chi connectivity index (χ0v) is 11.3. The molecule has 1 rings (SSSR count). The maximum absolute atomic E-state index is 11.4. The van der Waals surface area contributed by atoms with Crippen molar-refractivity contribution in [1.29, 1.82) is 0 Å². The number of carbonyl (C=O) groups excluding carboxylic acids is 1. The zero-order chi connectivity index (χ0) is 13.4. The van der Waals surface area contributed by atoms with E-state index in [1.807, 2.05) is 38.1 Å². The Kier molecular flexibility index (Phi) is 6.15. The Bertz CT molecular complexity index is 398. The molecule has 0 aromatic heterocycles. The van der Waals surface area contributed by atoms with Crippen molar-refractivity contribution >= 4 is 5.97 Å². The average molecular weight is 247 g/mol. The lowest BCUT2D eigenvalue weighted by Crippen LogP contribution is -2.24. The summed E-state index contributed by atoms with van der Waals surface area (Å²) in [6.45, 7) is 6.80. The highest BCUT2D eigenvalue weighted by Crippen LogP contribution is 2.02. The molecule has 0 saturated carbocycles. The van der Waals surface area contributed by atoms with Crippen LogP contribution in [0.5, 0.6) is 0 Å². The summed E-state index contributed by atoms with van der Waals surface area (Å²) in [4.78, 5) is 11.4. The van der Waals surface area contributed by atoms with Crippen LogP contribution >= 0.6 is 0 Å². The molecule has 0 fully saturated rings. The van der Waals surface area contributed by atoms with Crippen LogP contribution in [0.2, 0.25) is 0 Å². The molecule has 0 amide bonds. The largest absolute Gasteiger partial charge is 0.463 e. The second-order valence-corrected chi connectivity index (χ2v) is 4.23. The highest BCUT2D eigenvalue weighted by atomic mass is 16.5. The summed E-state index contributed by atoms with van der Waals surface area (Å²) in [6, 6.07) is 10.3. The van der Waals surface area contributed by atoms with Gasteiger partial charge in [0.1, 0.15) is 0 Å². The lowest BCUT2D eigenvalue weighted by Gasteiger charge is -2.11. The molecule has 1 aromatic rings. The van der Waals surface area contributed by atoms with E-state index in [0.29, 0.717) is 12.2 Å². The monoisotopic (exact) mass is 247 g/mol. The van der Waals surface area contributed by atoms with E-state index in [-0.39, 0.29) is 12.0 Å². The van der Waals surface area contributed by atoms with Crippen molar-refractivity contribution < 1.29 is 9.53 Å². The first-order chi connectivity index (χ1) is 8.63. The van der Waals surface area contributed by atoms with Crippen LogP contribution in [0.1, 0.15) is 26.3 Å². The maximum Gasteiger partial charge on any atom is 0.333 e. The summed E-state index contributed by atoms with van der Waals surface area (Å²) < 4.78 is 4.93. The summed E-state index contributed by atoms with van der Waals surface area (Å²) in [5.74, 6) is -0.245. The standard InChI is InChI=1S/C15H21NO2/c1-4-18-15(17)12(2)10-13(3)16-11-14-8-6-5-7-9-14/h5-10,13,16H,4,11H2,1-3H3/b12-10+/t13-/m0/s1. The van der Waals surface area contributed by atoms with Gasteiger partial charge in [-0.15, -0.1) is 0 Å². The lowest BCUT2D eigenvalue weighted by atomic mass is 10.2. The zero-order valence-electron chi connectivity index (χ0n) is 11.3. The fourth-order valence-electron chi connectivity index (χ4n) is 1.62. The topological polar surface area (TPSA) is 38.3 Å². The molecule has 98 valence electrons. The summed E-state index contributed by atoms with van der Waals surface area (Å²) in [5.41, 5.74) is 1.87. The first-order valence-electron chi connectivity index (χ1n) is 6.26. The van der Waals surface area contributed by atoms with E-state index >= 15 is 0 Å². The molecule has 3 nitrogen and oxygen atoms in total. The van der Waals surface area contributed by atoms with Gasteiger partial charge in [0.15, 0.2) is 0 Å². The second kappa shape index (κ2) is 7.67. The highest BCUT2D eigenvalue weighted by molar-refractivity contribution is 5.87. The lowest BCUT2D eigenvalue weighted by molar-refractivity contribution is -0.138. The molecule has 0 spiro atoms. The van der Waals surface area contributed by atoms with E-state index in [1.54, 1.807) is 6.92 Å². The molecule has 0 heterocycles. The normalized spacial score (nSPS) is 13.2. The highest BCUT2D eigenvalue weighted by Gasteiger charge is 2.06. The van der Waals surface area contributed by atoms with Crippen molar-refractivity contribution in [2.24, 2.45) is 0 Å². The molecule has 1 aromatic carbocycles. The smallest absolute Gasteiger partial charge is 0.333 e. The van der Waals surface area contributed by atoms with E-state index in [2.05, 4.69) is 17.4 Å². The minimum atomic E-state index is -0.245. The van der Waals surface area contributed by atoms with Crippen molar-refractivity contribution in [3.05, 3.63) is 47.5 Å². The third kappa shape index (κ3) is 5.15. The Morgan fingerprint density at radius 3 is 2.67 bits per heavy atom. The van der Waals surface area contributed by atoms with Gasteiger partial charge < -0.3 is 10.1 Å². The van der Waals surface area contributed by atoms with E-state index < -0.39 is 0 Å². The number of hydrogen-bond donors (Lipinski definition) is 1. The summed E-state index contributed by atoms with van der Waals surface area (Å²) in [5, 5.41) is 3.34. The molecule has 0 radical (unpaired) electrons. The predicted octanol–water partition coefficient (Wildman–Crippen LogP) is 2.67. The molecule has 1 atom stereocenters. The van der Waals surface area contributed by atoms with Gasteiger partial charge in [0.2, 0.25) is 0 Å². The van der Waals surface area contributed by atoms with Gasteiger partial charge >= 0.3 is 5.97 Å². The third-order valence-corrected chi connectivity index (χ3v) is 2.57. The number of nitrogens with one attached hydrogen (secondary N) is 1.